The van der Waals surface area contributed by atoms with E-state index in [1.807, 2.05) is 17.9 Å². The molecule has 6 nitrogen and oxygen atoms in total. The van der Waals surface area contributed by atoms with Gasteiger partial charge in [-0.2, -0.15) is 10.1 Å². The lowest BCUT2D eigenvalue weighted by molar-refractivity contribution is 0.337. The fourth-order valence-electron chi connectivity index (χ4n) is 2.61. The van der Waals surface area contributed by atoms with Crippen LogP contribution in [-0.4, -0.2) is 25.3 Å². The van der Waals surface area contributed by atoms with E-state index in [4.69, 9.17) is 4.52 Å². The van der Waals surface area contributed by atoms with Crippen molar-refractivity contribution in [1.82, 2.24) is 25.3 Å². The van der Waals surface area contributed by atoms with Gasteiger partial charge in [-0.25, -0.2) is 0 Å². The van der Waals surface area contributed by atoms with Crippen LogP contribution in [0.4, 0.5) is 0 Å². The summed E-state index contributed by atoms with van der Waals surface area (Å²) in [7, 11) is 0. The highest BCUT2D eigenvalue weighted by atomic mass is 32.1. The summed E-state index contributed by atoms with van der Waals surface area (Å²) in [6, 6.07) is 0. The molecule has 102 valence electrons. The molecule has 0 radical (unpaired) electrons. The van der Waals surface area contributed by atoms with Crippen LogP contribution in [0.3, 0.4) is 0 Å². The van der Waals surface area contributed by atoms with Crippen LogP contribution in [-0.2, 0) is 19.3 Å². The zero-order valence-corrected chi connectivity index (χ0v) is 11.6. The fraction of sp³-hybridized carbons (Fsp3) is 0.385. The molecular formula is C13H13N5OS. The number of aromatic nitrogens is 5. The fourth-order valence-corrected chi connectivity index (χ4v) is 3.20. The van der Waals surface area contributed by atoms with Crippen molar-refractivity contribution in [2.75, 3.05) is 0 Å². The maximum absolute atomic E-state index is 5.43. The average Bonchev–Trinajstić information content (AvgIpc) is 3.19. The summed E-state index contributed by atoms with van der Waals surface area (Å²) in [5.41, 5.74) is 4.33. The van der Waals surface area contributed by atoms with Gasteiger partial charge in [0, 0.05) is 35.5 Å². The number of hydrogen-bond acceptors (Lipinski definition) is 6. The number of fused-ring (bicyclic) bond motifs is 1. The van der Waals surface area contributed by atoms with E-state index in [1.54, 1.807) is 11.3 Å². The number of thiazole rings is 1. The number of nitrogens with zero attached hydrogens (tertiary/aromatic N) is 4. The molecule has 1 N–H and O–H groups in total. The average molecular weight is 287 g/mol. The second kappa shape index (κ2) is 4.82. The van der Waals surface area contributed by atoms with E-state index in [0.717, 1.165) is 35.9 Å². The summed E-state index contributed by atoms with van der Waals surface area (Å²) in [6.45, 7) is 0. The third-order valence-electron chi connectivity index (χ3n) is 3.67. The van der Waals surface area contributed by atoms with Crippen molar-refractivity contribution in [1.29, 1.82) is 0 Å². The summed E-state index contributed by atoms with van der Waals surface area (Å²) in [6.07, 6.45) is 7.40. The highest BCUT2D eigenvalue weighted by Crippen LogP contribution is 2.30. The Labute approximate surface area is 119 Å². The lowest BCUT2D eigenvalue weighted by Gasteiger charge is -2.17. The zero-order chi connectivity index (χ0) is 13.4. The van der Waals surface area contributed by atoms with Crippen LogP contribution in [0.2, 0.25) is 0 Å². The van der Waals surface area contributed by atoms with Gasteiger partial charge in [-0.05, 0) is 18.4 Å². The molecule has 0 fully saturated rings. The first-order valence-corrected chi connectivity index (χ1v) is 7.47. The smallest absolute Gasteiger partial charge is 0.230 e. The summed E-state index contributed by atoms with van der Waals surface area (Å²) >= 11 is 1.61. The zero-order valence-electron chi connectivity index (χ0n) is 10.7. The first kappa shape index (κ1) is 11.8. The van der Waals surface area contributed by atoms with Gasteiger partial charge >= 0.3 is 0 Å². The Morgan fingerprint density at radius 1 is 1.40 bits per heavy atom. The predicted octanol–water partition coefficient (Wildman–Crippen LogP) is 2.11. The SMILES string of the molecule is c1ncc(Cc2noc(C3CCc4cn[nH]c4C3)n2)s1. The van der Waals surface area contributed by atoms with Gasteiger partial charge in [-0.3, -0.25) is 10.1 Å². The van der Waals surface area contributed by atoms with E-state index in [0.29, 0.717) is 12.3 Å². The molecule has 3 heterocycles. The summed E-state index contributed by atoms with van der Waals surface area (Å²) in [5.74, 6) is 1.77. The first-order chi connectivity index (χ1) is 9.88. The Morgan fingerprint density at radius 3 is 3.30 bits per heavy atom. The summed E-state index contributed by atoms with van der Waals surface area (Å²) in [4.78, 5) is 9.74. The van der Waals surface area contributed by atoms with Gasteiger partial charge < -0.3 is 4.52 Å². The molecule has 3 aromatic heterocycles. The lowest BCUT2D eigenvalue weighted by atomic mass is 9.88. The van der Waals surface area contributed by atoms with Crippen LogP contribution in [0.25, 0.3) is 0 Å². The minimum absolute atomic E-state index is 0.297. The van der Waals surface area contributed by atoms with Crippen molar-refractivity contribution < 1.29 is 4.52 Å². The van der Waals surface area contributed by atoms with Crippen molar-refractivity contribution in [3.05, 3.63) is 45.8 Å². The highest BCUT2D eigenvalue weighted by molar-refractivity contribution is 7.09. The van der Waals surface area contributed by atoms with Gasteiger partial charge in [0.2, 0.25) is 5.89 Å². The molecular weight excluding hydrogens is 274 g/mol. The molecule has 0 aromatic carbocycles. The van der Waals surface area contributed by atoms with E-state index in [1.165, 1.54) is 11.3 Å². The molecule has 0 bridgehead atoms. The van der Waals surface area contributed by atoms with Gasteiger partial charge in [0.25, 0.3) is 0 Å². The summed E-state index contributed by atoms with van der Waals surface area (Å²) in [5, 5.41) is 11.2. The van der Waals surface area contributed by atoms with Crippen LogP contribution in [0, 0.1) is 0 Å². The van der Waals surface area contributed by atoms with Crippen LogP contribution in [0.1, 0.15) is 40.2 Å². The van der Waals surface area contributed by atoms with Crippen LogP contribution in [0.15, 0.2) is 22.4 Å². The second-order valence-electron chi connectivity index (χ2n) is 5.01. The van der Waals surface area contributed by atoms with Crippen molar-refractivity contribution >= 4 is 11.3 Å². The predicted molar refractivity (Wildman–Crippen MR) is 72.6 cm³/mol. The van der Waals surface area contributed by atoms with Crippen LogP contribution in [0.5, 0.6) is 0 Å². The first-order valence-electron chi connectivity index (χ1n) is 6.59. The minimum Gasteiger partial charge on any atom is -0.339 e. The molecule has 20 heavy (non-hydrogen) atoms. The molecule has 0 saturated heterocycles. The Hall–Kier alpha value is -2.02. The number of hydrogen-bond donors (Lipinski definition) is 1. The standard InChI is InChI=1S/C13H13N5OS/c1-2-9-5-15-17-11(9)3-8(1)13-16-12(18-19-13)4-10-6-14-7-20-10/h5-8H,1-4H2,(H,15,17). The maximum Gasteiger partial charge on any atom is 0.230 e. The molecule has 1 aliphatic rings. The largest absolute Gasteiger partial charge is 0.339 e. The van der Waals surface area contributed by atoms with Crippen LogP contribution < -0.4 is 0 Å². The normalized spacial score (nSPS) is 18.1. The monoisotopic (exact) mass is 287 g/mol. The van der Waals surface area contributed by atoms with Gasteiger partial charge in [0.1, 0.15) is 0 Å². The number of aryl methyl sites for hydroxylation is 1. The molecule has 0 spiro atoms. The molecule has 4 rings (SSSR count). The molecule has 0 saturated carbocycles. The molecule has 0 amide bonds. The maximum atomic E-state index is 5.43. The number of nitrogens with one attached hydrogen (secondary N) is 1. The van der Waals surface area contributed by atoms with Crippen LogP contribution >= 0.6 is 11.3 Å². The van der Waals surface area contributed by atoms with Crippen molar-refractivity contribution in [3.8, 4) is 0 Å². The quantitative estimate of drug-likeness (QED) is 0.798. The van der Waals surface area contributed by atoms with E-state index in [2.05, 4.69) is 25.3 Å². The second-order valence-corrected chi connectivity index (χ2v) is 5.98. The molecule has 7 heteroatoms. The van der Waals surface area contributed by atoms with Crippen molar-refractivity contribution in [2.45, 2.75) is 31.6 Å². The number of rotatable bonds is 3. The topological polar surface area (TPSA) is 80.5 Å². The van der Waals surface area contributed by atoms with Crippen molar-refractivity contribution in [2.24, 2.45) is 0 Å². The molecule has 0 aliphatic heterocycles. The Balaban J connectivity index is 1.51. The number of H-pyrrole nitrogens is 1. The molecule has 1 aliphatic carbocycles. The van der Waals surface area contributed by atoms with E-state index in [-0.39, 0.29) is 0 Å². The summed E-state index contributed by atoms with van der Waals surface area (Å²) < 4.78 is 5.43. The minimum atomic E-state index is 0.297. The molecule has 1 atom stereocenters. The van der Waals surface area contributed by atoms with E-state index < -0.39 is 0 Å². The lowest BCUT2D eigenvalue weighted by Crippen LogP contribution is -2.12. The third-order valence-corrected chi connectivity index (χ3v) is 4.45. The molecule has 3 aromatic rings. The van der Waals surface area contributed by atoms with E-state index in [9.17, 15) is 0 Å². The van der Waals surface area contributed by atoms with Gasteiger partial charge in [0.05, 0.1) is 11.7 Å². The van der Waals surface area contributed by atoms with Crippen molar-refractivity contribution in [3.63, 3.8) is 0 Å². The highest BCUT2D eigenvalue weighted by Gasteiger charge is 2.26. The van der Waals surface area contributed by atoms with Gasteiger partial charge in [-0.15, -0.1) is 11.3 Å². The third kappa shape index (κ3) is 2.14. The Kier molecular flexibility index (Phi) is 2.84. The van der Waals surface area contributed by atoms with Gasteiger partial charge in [-0.1, -0.05) is 5.16 Å². The number of aromatic amines is 1. The van der Waals surface area contributed by atoms with Gasteiger partial charge in [0.15, 0.2) is 5.82 Å². The Bertz CT molecular complexity index is 702. The molecule has 1 unspecified atom stereocenters. The Morgan fingerprint density at radius 2 is 2.40 bits per heavy atom. The van der Waals surface area contributed by atoms with E-state index >= 15 is 0 Å².